The van der Waals surface area contributed by atoms with Gasteiger partial charge < -0.3 is 13.8 Å². The van der Waals surface area contributed by atoms with Crippen LogP contribution < -0.4 is 4.74 Å². The molecular formula is C27H26N6O2S. The Kier molecular flexibility index (Phi) is 7.67. The molecule has 0 unspecified atom stereocenters. The number of hydrogen-bond acceptors (Lipinski definition) is 8. The summed E-state index contributed by atoms with van der Waals surface area (Å²) in [5.74, 6) is 3.65. The molecule has 0 radical (unpaired) electrons. The molecule has 5 rings (SSSR count). The molecule has 0 N–H and O–H groups in total. The predicted octanol–water partition coefficient (Wildman–Crippen LogP) is 5.37. The fourth-order valence-corrected chi connectivity index (χ4v) is 4.78. The summed E-state index contributed by atoms with van der Waals surface area (Å²) in [4.78, 5) is 8.53. The van der Waals surface area contributed by atoms with Crippen molar-refractivity contribution in [1.82, 2.24) is 29.9 Å². The zero-order valence-electron chi connectivity index (χ0n) is 19.9. The highest BCUT2D eigenvalue weighted by molar-refractivity contribution is 7.99. The smallest absolute Gasteiger partial charge is 0.226 e. The van der Waals surface area contributed by atoms with Crippen molar-refractivity contribution in [3.05, 3.63) is 90.6 Å². The normalized spacial score (nSPS) is 11.0. The molecule has 0 amide bonds. The van der Waals surface area contributed by atoms with E-state index in [4.69, 9.17) is 9.26 Å². The number of ether oxygens (including phenoxy) is 1. The first-order chi connectivity index (χ1) is 17.8. The van der Waals surface area contributed by atoms with Gasteiger partial charge in [-0.1, -0.05) is 59.4 Å². The Morgan fingerprint density at radius 2 is 1.72 bits per heavy atom. The second-order valence-electron chi connectivity index (χ2n) is 8.09. The van der Waals surface area contributed by atoms with Gasteiger partial charge in [0.15, 0.2) is 11.0 Å². The largest absolute Gasteiger partial charge is 0.496 e. The van der Waals surface area contributed by atoms with E-state index >= 15 is 0 Å². The number of aromatic nitrogens is 6. The standard InChI is InChI=1S/C27H26N6O2S/c1-34-23-11-6-5-10-22(23)26-30-31-27(33(26)18-15-20-8-3-2-4-9-20)36-19-7-12-24-29-25(32-35-24)21-13-16-28-17-14-21/h2-6,8-11,13-14,16-17H,7,12,15,18-19H2,1H3. The molecule has 9 heteroatoms. The van der Waals surface area contributed by atoms with Gasteiger partial charge in [-0.15, -0.1) is 10.2 Å². The summed E-state index contributed by atoms with van der Waals surface area (Å²) in [6, 6.07) is 22.1. The molecule has 5 aromatic rings. The topological polar surface area (TPSA) is 91.8 Å². The van der Waals surface area contributed by atoms with Crippen molar-refractivity contribution >= 4 is 11.8 Å². The fraction of sp³-hybridized carbons (Fsp3) is 0.222. The van der Waals surface area contributed by atoms with Gasteiger partial charge in [-0.25, -0.2) is 0 Å². The third-order valence-corrected chi connectivity index (χ3v) is 6.76. The molecule has 0 aliphatic carbocycles. The molecule has 3 aromatic heterocycles. The maximum atomic E-state index is 5.59. The fourth-order valence-electron chi connectivity index (χ4n) is 3.87. The number of aryl methyl sites for hydroxylation is 2. The molecule has 182 valence electrons. The van der Waals surface area contributed by atoms with E-state index in [0.717, 1.165) is 53.0 Å². The highest BCUT2D eigenvalue weighted by Crippen LogP contribution is 2.31. The number of rotatable bonds is 11. The lowest BCUT2D eigenvalue weighted by Crippen LogP contribution is -2.06. The van der Waals surface area contributed by atoms with E-state index in [1.54, 1.807) is 31.3 Å². The Balaban J connectivity index is 1.27. The van der Waals surface area contributed by atoms with E-state index in [1.807, 2.05) is 42.5 Å². The summed E-state index contributed by atoms with van der Waals surface area (Å²) in [6.45, 7) is 0.770. The average molecular weight is 499 g/mol. The van der Waals surface area contributed by atoms with Crippen molar-refractivity contribution < 1.29 is 9.26 Å². The van der Waals surface area contributed by atoms with Crippen LogP contribution in [0.2, 0.25) is 0 Å². The van der Waals surface area contributed by atoms with Crippen LogP contribution in [0.5, 0.6) is 5.75 Å². The molecule has 36 heavy (non-hydrogen) atoms. The van der Waals surface area contributed by atoms with E-state index in [9.17, 15) is 0 Å². The molecule has 0 atom stereocenters. The monoisotopic (exact) mass is 498 g/mol. The van der Waals surface area contributed by atoms with Crippen LogP contribution in [0.3, 0.4) is 0 Å². The van der Waals surface area contributed by atoms with E-state index in [-0.39, 0.29) is 0 Å². The summed E-state index contributed by atoms with van der Waals surface area (Å²) in [7, 11) is 1.68. The number of methoxy groups -OCH3 is 1. The Bertz CT molecular complexity index is 1390. The summed E-state index contributed by atoms with van der Waals surface area (Å²) in [5.41, 5.74) is 3.10. The second kappa shape index (κ2) is 11.6. The van der Waals surface area contributed by atoms with Crippen molar-refractivity contribution in [3.63, 3.8) is 0 Å². The van der Waals surface area contributed by atoms with Crippen molar-refractivity contribution in [3.8, 4) is 28.5 Å². The van der Waals surface area contributed by atoms with Crippen molar-refractivity contribution in [1.29, 1.82) is 0 Å². The molecule has 2 aromatic carbocycles. The summed E-state index contributed by atoms with van der Waals surface area (Å²) >= 11 is 1.68. The van der Waals surface area contributed by atoms with Crippen LogP contribution >= 0.6 is 11.8 Å². The SMILES string of the molecule is COc1ccccc1-c1nnc(SCCCc2nc(-c3ccncc3)no2)n1CCc1ccccc1. The molecule has 0 spiro atoms. The molecule has 3 heterocycles. The van der Waals surface area contributed by atoms with Crippen LogP contribution in [-0.4, -0.2) is 42.8 Å². The maximum Gasteiger partial charge on any atom is 0.226 e. The molecule has 0 aliphatic rings. The third-order valence-electron chi connectivity index (χ3n) is 5.70. The van der Waals surface area contributed by atoms with E-state index < -0.39 is 0 Å². The zero-order valence-corrected chi connectivity index (χ0v) is 20.8. The van der Waals surface area contributed by atoms with Crippen molar-refractivity contribution in [2.75, 3.05) is 12.9 Å². The highest BCUT2D eigenvalue weighted by Gasteiger charge is 2.18. The first-order valence-electron chi connectivity index (χ1n) is 11.8. The van der Waals surface area contributed by atoms with Crippen LogP contribution in [0, 0.1) is 0 Å². The van der Waals surface area contributed by atoms with Crippen molar-refractivity contribution in [2.45, 2.75) is 31.0 Å². The van der Waals surface area contributed by atoms with Crippen LogP contribution in [-0.2, 0) is 19.4 Å². The van der Waals surface area contributed by atoms with E-state index in [0.29, 0.717) is 18.1 Å². The molecule has 0 aliphatic heterocycles. The van der Waals surface area contributed by atoms with Gasteiger partial charge in [-0.05, 0) is 42.7 Å². The lowest BCUT2D eigenvalue weighted by atomic mass is 10.1. The first kappa shape index (κ1) is 23.7. The zero-order chi connectivity index (χ0) is 24.6. The van der Waals surface area contributed by atoms with Crippen LogP contribution in [0.1, 0.15) is 17.9 Å². The molecule has 0 fully saturated rings. The summed E-state index contributed by atoms with van der Waals surface area (Å²) < 4.78 is 13.2. The molecule has 0 bridgehead atoms. The number of thioether (sulfide) groups is 1. The van der Waals surface area contributed by atoms with Gasteiger partial charge in [0.25, 0.3) is 0 Å². The number of nitrogens with zero attached hydrogens (tertiary/aromatic N) is 6. The van der Waals surface area contributed by atoms with Crippen LogP contribution in [0.25, 0.3) is 22.8 Å². The molecule has 8 nitrogen and oxygen atoms in total. The number of pyridine rings is 1. The minimum atomic E-state index is 0.585. The summed E-state index contributed by atoms with van der Waals surface area (Å²) in [6.07, 6.45) is 5.89. The summed E-state index contributed by atoms with van der Waals surface area (Å²) in [5, 5.41) is 14.0. The van der Waals surface area contributed by atoms with Gasteiger partial charge in [0, 0.05) is 36.7 Å². The lowest BCUT2D eigenvalue weighted by Gasteiger charge is -2.12. The van der Waals surface area contributed by atoms with Crippen LogP contribution in [0.4, 0.5) is 0 Å². The molecular weight excluding hydrogens is 472 g/mol. The highest BCUT2D eigenvalue weighted by atomic mass is 32.2. The quantitative estimate of drug-likeness (QED) is 0.177. The van der Waals surface area contributed by atoms with Crippen LogP contribution in [0.15, 0.2) is 88.8 Å². The second-order valence-corrected chi connectivity index (χ2v) is 9.16. The maximum absolute atomic E-state index is 5.59. The average Bonchev–Trinajstić information content (AvgIpc) is 3.58. The van der Waals surface area contributed by atoms with E-state index in [2.05, 4.69) is 54.2 Å². The Morgan fingerprint density at radius 3 is 2.56 bits per heavy atom. The number of benzene rings is 2. The third kappa shape index (κ3) is 5.63. The van der Waals surface area contributed by atoms with E-state index in [1.165, 1.54) is 5.56 Å². The van der Waals surface area contributed by atoms with Gasteiger partial charge in [0.2, 0.25) is 11.7 Å². The first-order valence-corrected chi connectivity index (χ1v) is 12.8. The van der Waals surface area contributed by atoms with Gasteiger partial charge in [0.1, 0.15) is 5.75 Å². The van der Waals surface area contributed by atoms with Gasteiger partial charge >= 0.3 is 0 Å². The molecule has 0 saturated carbocycles. The lowest BCUT2D eigenvalue weighted by molar-refractivity contribution is 0.378. The number of para-hydroxylation sites is 1. The minimum Gasteiger partial charge on any atom is -0.496 e. The Morgan fingerprint density at radius 1 is 0.917 bits per heavy atom. The van der Waals surface area contributed by atoms with Crippen molar-refractivity contribution in [2.24, 2.45) is 0 Å². The van der Waals surface area contributed by atoms with Gasteiger partial charge in [-0.2, -0.15) is 4.98 Å². The number of hydrogen-bond donors (Lipinski definition) is 0. The Hall–Kier alpha value is -3.98. The van der Waals surface area contributed by atoms with Gasteiger partial charge in [-0.3, -0.25) is 4.98 Å². The molecule has 0 saturated heterocycles. The predicted molar refractivity (Wildman–Crippen MR) is 139 cm³/mol. The Labute approximate surface area is 213 Å². The minimum absolute atomic E-state index is 0.585. The van der Waals surface area contributed by atoms with Gasteiger partial charge in [0.05, 0.1) is 12.7 Å².